The lowest BCUT2D eigenvalue weighted by atomic mass is 9.52. The first-order valence-electron chi connectivity index (χ1n) is 6.64. The van der Waals surface area contributed by atoms with Gasteiger partial charge in [0.2, 0.25) is 0 Å². The van der Waals surface area contributed by atoms with Gasteiger partial charge in [-0.1, -0.05) is 47.6 Å². The largest absolute Gasteiger partial charge is 0.261 e. The summed E-state index contributed by atoms with van der Waals surface area (Å²) in [6, 6.07) is 4.39. The SMILES string of the molecule is CC(C)(C)C1(C(C)(C)C)CCc2ncccc21. The molecule has 0 fully saturated rings. The maximum absolute atomic E-state index is 4.58. The third-order valence-electron chi connectivity index (χ3n) is 4.65. The second kappa shape index (κ2) is 3.57. The number of hydrogen-bond acceptors (Lipinski definition) is 1. The molecule has 1 aliphatic carbocycles. The third-order valence-corrected chi connectivity index (χ3v) is 4.65. The Morgan fingerprint density at radius 3 is 2.18 bits per heavy atom. The van der Waals surface area contributed by atoms with Gasteiger partial charge in [-0.05, 0) is 35.3 Å². The zero-order valence-corrected chi connectivity index (χ0v) is 12.1. The summed E-state index contributed by atoms with van der Waals surface area (Å²) in [6.07, 6.45) is 4.29. The Kier molecular flexibility index (Phi) is 2.65. The molecule has 1 heteroatoms. The van der Waals surface area contributed by atoms with E-state index in [2.05, 4.69) is 58.7 Å². The smallest absolute Gasteiger partial charge is 0.0441 e. The van der Waals surface area contributed by atoms with Gasteiger partial charge in [-0.3, -0.25) is 4.98 Å². The summed E-state index contributed by atoms with van der Waals surface area (Å²) in [5, 5.41) is 0. The van der Waals surface area contributed by atoms with Crippen molar-refractivity contribution in [2.45, 2.75) is 59.8 Å². The van der Waals surface area contributed by atoms with Crippen molar-refractivity contribution in [2.24, 2.45) is 10.8 Å². The molecule has 0 N–H and O–H groups in total. The maximum atomic E-state index is 4.58. The fourth-order valence-corrected chi connectivity index (χ4v) is 4.15. The molecule has 0 bridgehead atoms. The van der Waals surface area contributed by atoms with Crippen molar-refractivity contribution < 1.29 is 0 Å². The normalized spacial score (nSPS) is 19.2. The molecule has 94 valence electrons. The Bertz CT molecular complexity index is 404. The lowest BCUT2D eigenvalue weighted by Crippen LogP contribution is -2.48. The Labute approximate surface area is 106 Å². The average molecular weight is 231 g/mol. The summed E-state index contributed by atoms with van der Waals surface area (Å²) in [5.74, 6) is 0. The highest BCUT2D eigenvalue weighted by Gasteiger charge is 2.54. The molecule has 0 spiro atoms. The molecule has 0 aromatic carbocycles. The van der Waals surface area contributed by atoms with E-state index in [1.54, 1.807) is 0 Å². The summed E-state index contributed by atoms with van der Waals surface area (Å²) in [4.78, 5) is 4.58. The predicted molar refractivity (Wildman–Crippen MR) is 73.1 cm³/mol. The van der Waals surface area contributed by atoms with Crippen LogP contribution in [0.15, 0.2) is 18.3 Å². The molecule has 0 amide bonds. The van der Waals surface area contributed by atoms with E-state index in [0.29, 0.717) is 0 Å². The monoisotopic (exact) mass is 231 g/mol. The van der Waals surface area contributed by atoms with Crippen LogP contribution in [-0.4, -0.2) is 4.98 Å². The molecule has 2 rings (SSSR count). The van der Waals surface area contributed by atoms with Crippen LogP contribution in [0.4, 0.5) is 0 Å². The van der Waals surface area contributed by atoms with Gasteiger partial charge in [0, 0.05) is 17.3 Å². The molecule has 0 radical (unpaired) electrons. The number of nitrogens with zero attached hydrogens (tertiary/aromatic N) is 1. The number of aryl methyl sites for hydroxylation is 1. The van der Waals surface area contributed by atoms with Crippen molar-refractivity contribution in [3.63, 3.8) is 0 Å². The summed E-state index contributed by atoms with van der Waals surface area (Å²) in [5.41, 5.74) is 3.57. The summed E-state index contributed by atoms with van der Waals surface area (Å²) in [6.45, 7) is 14.3. The Hall–Kier alpha value is -0.850. The summed E-state index contributed by atoms with van der Waals surface area (Å²) < 4.78 is 0. The van der Waals surface area contributed by atoms with Crippen LogP contribution in [-0.2, 0) is 11.8 Å². The van der Waals surface area contributed by atoms with Crippen molar-refractivity contribution in [2.75, 3.05) is 0 Å². The molecule has 1 aromatic heterocycles. The average Bonchev–Trinajstić information content (AvgIpc) is 2.55. The molecule has 1 aromatic rings. The van der Waals surface area contributed by atoms with Gasteiger partial charge in [0.05, 0.1) is 0 Å². The molecule has 1 nitrogen and oxygen atoms in total. The molecule has 1 heterocycles. The Morgan fingerprint density at radius 1 is 1.06 bits per heavy atom. The number of fused-ring (bicyclic) bond motifs is 1. The second-order valence-corrected chi connectivity index (χ2v) is 7.40. The predicted octanol–water partition coefficient (Wildman–Crippen LogP) is 4.36. The number of aromatic nitrogens is 1. The zero-order chi connectivity index (χ0) is 12.9. The van der Waals surface area contributed by atoms with Gasteiger partial charge < -0.3 is 0 Å². The molecule has 0 unspecified atom stereocenters. The molecule has 17 heavy (non-hydrogen) atoms. The lowest BCUT2D eigenvalue weighted by molar-refractivity contribution is 0.0525. The van der Waals surface area contributed by atoms with Gasteiger partial charge in [0.1, 0.15) is 0 Å². The van der Waals surface area contributed by atoms with Gasteiger partial charge in [-0.25, -0.2) is 0 Å². The molecular weight excluding hydrogens is 206 g/mol. The van der Waals surface area contributed by atoms with E-state index in [1.807, 2.05) is 6.20 Å². The van der Waals surface area contributed by atoms with Crippen LogP contribution < -0.4 is 0 Å². The van der Waals surface area contributed by atoms with E-state index < -0.39 is 0 Å². The highest BCUT2D eigenvalue weighted by molar-refractivity contribution is 5.39. The van der Waals surface area contributed by atoms with Crippen molar-refractivity contribution in [1.82, 2.24) is 4.98 Å². The van der Waals surface area contributed by atoms with Gasteiger partial charge in [0.15, 0.2) is 0 Å². The van der Waals surface area contributed by atoms with E-state index in [-0.39, 0.29) is 16.2 Å². The number of pyridine rings is 1. The van der Waals surface area contributed by atoms with E-state index in [9.17, 15) is 0 Å². The Morgan fingerprint density at radius 2 is 1.65 bits per heavy atom. The quantitative estimate of drug-likeness (QED) is 0.646. The molecule has 1 aliphatic rings. The minimum absolute atomic E-state index is 0.240. The third kappa shape index (κ3) is 1.63. The van der Waals surface area contributed by atoms with Gasteiger partial charge in [0.25, 0.3) is 0 Å². The molecular formula is C16H25N. The number of rotatable bonds is 0. The van der Waals surface area contributed by atoms with Crippen LogP contribution in [0.5, 0.6) is 0 Å². The molecule has 0 saturated carbocycles. The minimum Gasteiger partial charge on any atom is -0.261 e. The van der Waals surface area contributed by atoms with E-state index in [1.165, 1.54) is 17.7 Å². The van der Waals surface area contributed by atoms with Crippen LogP contribution in [0, 0.1) is 10.8 Å². The summed E-state index contributed by atoms with van der Waals surface area (Å²) >= 11 is 0. The zero-order valence-electron chi connectivity index (χ0n) is 12.1. The minimum atomic E-state index is 0.240. The van der Waals surface area contributed by atoms with E-state index in [0.717, 1.165) is 6.42 Å². The topological polar surface area (TPSA) is 12.9 Å². The number of hydrogen-bond donors (Lipinski definition) is 0. The molecule has 0 aliphatic heterocycles. The van der Waals surface area contributed by atoms with Crippen LogP contribution in [0.3, 0.4) is 0 Å². The fraction of sp³-hybridized carbons (Fsp3) is 0.688. The molecule has 0 saturated heterocycles. The van der Waals surface area contributed by atoms with Crippen molar-refractivity contribution in [3.05, 3.63) is 29.6 Å². The van der Waals surface area contributed by atoms with Crippen molar-refractivity contribution in [1.29, 1.82) is 0 Å². The van der Waals surface area contributed by atoms with Crippen molar-refractivity contribution >= 4 is 0 Å². The van der Waals surface area contributed by atoms with Gasteiger partial charge in [-0.2, -0.15) is 0 Å². The Balaban J connectivity index is 2.68. The highest BCUT2D eigenvalue weighted by Crippen LogP contribution is 2.59. The van der Waals surface area contributed by atoms with Crippen LogP contribution in [0.2, 0.25) is 0 Å². The second-order valence-electron chi connectivity index (χ2n) is 7.40. The van der Waals surface area contributed by atoms with Gasteiger partial charge >= 0.3 is 0 Å². The van der Waals surface area contributed by atoms with Crippen molar-refractivity contribution in [3.8, 4) is 0 Å². The van der Waals surface area contributed by atoms with Crippen LogP contribution in [0.1, 0.15) is 59.2 Å². The van der Waals surface area contributed by atoms with Crippen LogP contribution >= 0.6 is 0 Å². The first-order chi connectivity index (χ1) is 7.70. The summed E-state index contributed by atoms with van der Waals surface area (Å²) in [7, 11) is 0. The highest BCUT2D eigenvalue weighted by atomic mass is 14.7. The van der Waals surface area contributed by atoms with Gasteiger partial charge in [-0.15, -0.1) is 0 Å². The molecule has 0 atom stereocenters. The maximum Gasteiger partial charge on any atom is 0.0441 e. The first kappa shape index (κ1) is 12.6. The lowest BCUT2D eigenvalue weighted by Gasteiger charge is -2.52. The first-order valence-corrected chi connectivity index (χ1v) is 6.64. The van der Waals surface area contributed by atoms with E-state index in [4.69, 9.17) is 0 Å². The van der Waals surface area contributed by atoms with Crippen LogP contribution in [0.25, 0.3) is 0 Å². The standard InChI is InChI=1S/C16H25N/c1-14(2,3)16(15(4,5)6)10-9-13-12(16)8-7-11-17-13/h7-8,11H,9-10H2,1-6H3. The fourth-order valence-electron chi connectivity index (χ4n) is 4.15. The van der Waals surface area contributed by atoms with E-state index >= 15 is 0 Å².